The molecular formula is C46H29NOS. The van der Waals surface area contributed by atoms with E-state index < -0.39 is 0 Å². The van der Waals surface area contributed by atoms with Gasteiger partial charge < -0.3 is 9.32 Å². The van der Waals surface area contributed by atoms with Gasteiger partial charge in [-0.15, -0.1) is 11.3 Å². The number of anilines is 3. The summed E-state index contributed by atoms with van der Waals surface area (Å²) in [5, 5.41) is 7.14. The minimum absolute atomic E-state index is 0.883. The zero-order chi connectivity index (χ0) is 32.3. The van der Waals surface area contributed by atoms with Crippen LogP contribution in [0, 0.1) is 0 Å². The summed E-state index contributed by atoms with van der Waals surface area (Å²) in [5.74, 6) is 0. The van der Waals surface area contributed by atoms with Gasteiger partial charge in [0.2, 0.25) is 0 Å². The Balaban J connectivity index is 1.25. The summed E-state index contributed by atoms with van der Waals surface area (Å²) >= 11 is 1.86. The maximum Gasteiger partial charge on any atom is 0.145 e. The van der Waals surface area contributed by atoms with Crippen LogP contribution in [-0.4, -0.2) is 0 Å². The van der Waals surface area contributed by atoms with E-state index in [0.717, 1.165) is 50.1 Å². The van der Waals surface area contributed by atoms with E-state index in [1.54, 1.807) is 0 Å². The van der Waals surface area contributed by atoms with E-state index in [9.17, 15) is 0 Å². The Labute approximate surface area is 287 Å². The maximum absolute atomic E-state index is 6.73. The van der Waals surface area contributed by atoms with Crippen LogP contribution in [0.1, 0.15) is 0 Å². The molecule has 0 saturated heterocycles. The molecule has 0 spiro atoms. The Bertz CT molecular complexity index is 2820. The fourth-order valence-corrected chi connectivity index (χ4v) is 8.49. The Morgan fingerprint density at radius 3 is 2.02 bits per heavy atom. The smallest absolute Gasteiger partial charge is 0.145 e. The fourth-order valence-electron chi connectivity index (χ4n) is 7.37. The van der Waals surface area contributed by atoms with Crippen LogP contribution in [0.3, 0.4) is 0 Å². The molecule has 2 heterocycles. The lowest BCUT2D eigenvalue weighted by Gasteiger charge is -2.28. The molecular weight excluding hydrogens is 615 g/mol. The Hall–Kier alpha value is -6.16. The van der Waals surface area contributed by atoms with Crippen molar-refractivity contribution in [3.63, 3.8) is 0 Å². The largest absolute Gasteiger partial charge is 0.455 e. The van der Waals surface area contributed by atoms with Crippen LogP contribution in [0.5, 0.6) is 0 Å². The van der Waals surface area contributed by atoms with Crippen LogP contribution in [-0.2, 0) is 0 Å². The monoisotopic (exact) mass is 643 g/mol. The van der Waals surface area contributed by atoms with Crippen molar-refractivity contribution < 1.29 is 4.42 Å². The first kappa shape index (κ1) is 27.9. The zero-order valence-corrected chi connectivity index (χ0v) is 27.3. The van der Waals surface area contributed by atoms with Crippen molar-refractivity contribution in [1.82, 2.24) is 0 Å². The highest BCUT2D eigenvalue weighted by atomic mass is 32.1. The van der Waals surface area contributed by atoms with Gasteiger partial charge in [0, 0.05) is 42.2 Å². The van der Waals surface area contributed by atoms with E-state index >= 15 is 0 Å². The minimum Gasteiger partial charge on any atom is -0.455 e. The quantitative estimate of drug-likeness (QED) is 0.186. The van der Waals surface area contributed by atoms with Crippen LogP contribution in [0.4, 0.5) is 17.1 Å². The number of thiophene rings is 1. The summed E-state index contributed by atoms with van der Waals surface area (Å²) in [7, 11) is 0. The van der Waals surface area contributed by atoms with Gasteiger partial charge in [0.05, 0.1) is 16.8 Å². The van der Waals surface area contributed by atoms with Gasteiger partial charge in [0.25, 0.3) is 0 Å². The van der Waals surface area contributed by atoms with Crippen molar-refractivity contribution in [3.8, 4) is 22.3 Å². The van der Waals surface area contributed by atoms with E-state index in [1.165, 1.54) is 42.1 Å². The maximum atomic E-state index is 6.73. The number of hydrogen-bond donors (Lipinski definition) is 0. The van der Waals surface area contributed by atoms with Crippen molar-refractivity contribution >= 4 is 81.3 Å². The Morgan fingerprint density at radius 2 is 1.16 bits per heavy atom. The SMILES string of the molecule is c1ccc(-c2ccc3c(c2)sc2ccc(N(c4cccc5ccccc45)c4ccc(-c5ccccc5)c5oc6ccccc6c45)cc23)cc1. The lowest BCUT2D eigenvalue weighted by atomic mass is 9.99. The average molecular weight is 644 g/mol. The van der Waals surface area contributed by atoms with Gasteiger partial charge in [-0.2, -0.15) is 0 Å². The number of fused-ring (bicyclic) bond motifs is 7. The van der Waals surface area contributed by atoms with Gasteiger partial charge in [-0.3, -0.25) is 0 Å². The second-order valence-corrected chi connectivity index (χ2v) is 13.6. The molecule has 0 unspecified atom stereocenters. The highest BCUT2D eigenvalue weighted by Gasteiger charge is 2.23. The molecule has 0 aliphatic heterocycles. The molecule has 0 radical (unpaired) electrons. The van der Waals surface area contributed by atoms with Crippen LogP contribution < -0.4 is 4.90 Å². The molecule has 0 fully saturated rings. The summed E-state index contributed by atoms with van der Waals surface area (Å²) in [4.78, 5) is 2.43. The van der Waals surface area contributed by atoms with E-state index in [4.69, 9.17) is 4.42 Å². The normalized spacial score (nSPS) is 11.7. The molecule has 230 valence electrons. The van der Waals surface area contributed by atoms with Crippen molar-refractivity contribution in [2.45, 2.75) is 0 Å². The van der Waals surface area contributed by atoms with Gasteiger partial charge in [0.1, 0.15) is 11.2 Å². The summed E-state index contributed by atoms with van der Waals surface area (Å²) in [5.41, 5.74) is 9.79. The molecule has 0 N–H and O–H groups in total. The van der Waals surface area contributed by atoms with Gasteiger partial charge in [0.15, 0.2) is 0 Å². The summed E-state index contributed by atoms with van der Waals surface area (Å²) in [6.07, 6.45) is 0. The van der Waals surface area contributed by atoms with Gasteiger partial charge in [-0.1, -0.05) is 127 Å². The van der Waals surface area contributed by atoms with Crippen molar-refractivity contribution in [2.75, 3.05) is 4.90 Å². The average Bonchev–Trinajstić information content (AvgIpc) is 3.74. The lowest BCUT2D eigenvalue weighted by molar-refractivity contribution is 0.670. The Kier molecular flexibility index (Phi) is 6.39. The topological polar surface area (TPSA) is 16.4 Å². The van der Waals surface area contributed by atoms with Crippen molar-refractivity contribution in [3.05, 3.63) is 176 Å². The fraction of sp³-hybridized carbons (Fsp3) is 0. The highest BCUT2D eigenvalue weighted by molar-refractivity contribution is 7.25. The molecule has 0 saturated carbocycles. The number of benzene rings is 8. The highest BCUT2D eigenvalue weighted by Crippen LogP contribution is 2.48. The standard InChI is InChI=1S/C46H29NOS/c1-3-12-30(13-4-1)33-22-24-37-39-29-34(23-27-43(39)49-44(37)28-33)47(40-20-11-17-31-16-7-8-18-35(31)40)41-26-25-36(32-14-5-2-6-15-32)46-45(41)38-19-9-10-21-42(38)48-46/h1-29H. The molecule has 0 amide bonds. The number of para-hydroxylation sites is 1. The first-order valence-corrected chi connectivity index (χ1v) is 17.4. The summed E-state index contributed by atoms with van der Waals surface area (Å²) in [6, 6.07) is 63.1. The molecule has 0 atom stereocenters. The van der Waals surface area contributed by atoms with Gasteiger partial charge >= 0.3 is 0 Å². The molecule has 0 bridgehead atoms. The third-order valence-corrected chi connectivity index (χ3v) is 10.8. The molecule has 10 rings (SSSR count). The molecule has 2 aromatic heterocycles. The summed E-state index contributed by atoms with van der Waals surface area (Å²) < 4.78 is 9.30. The van der Waals surface area contributed by atoms with Gasteiger partial charge in [-0.25, -0.2) is 0 Å². The van der Waals surface area contributed by atoms with Crippen LogP contribution >= 0.6 is 11.3 Å². The number of hydrogen-bond acceptors (Lipinski definition) is 3. The Morgan fingerprint density at radius 1 is 0.429 bits per heavy atom. The molecule has 0 aliphatic carbocycles. The molecule has 0 aliphatic rings. The van der Waals surface area contributed by atoms with E-state index in [2.05, 4.69) is 175 Å². The number of nitrogens with zero attached hydrogens (tertiary/aromatic N) is 1. The minimum atomic E-state index is 0.883. The third kappa shape index (κ3) is 4.55. The van der Waals surface area contributed by atoms with Crippen LogP contribution in [0.2, 0.25) is 0 Å². The second kappa shape index (κ2) is 11.2. The lowest BCUT2D eigenvalue weighted by Crippen LogP contribution is -2.11. The molecule has 49 heavy (non-hydrogen) atoms. The summed E-state index contributed by atoms with van der Waals surface area (Å²) in [6.45, 7) is 0. The zero-order valence-electron chi connectivity index (χ0n) is 26.5. The van der Waals surface area contributed by atoms with E-state index in [-0.39, 0.29) is 0 Å². The first-order valence-electron chi connectivity index (χ1n) is 16.6. The predicted molar refractivity (Wildman–Crippen MR) is 210 cm³/mol. The molecule has 8 aromatic carbocycles. The molecule has 3 heteroatoms. The van der Waals surface area contributed by atoms with Crippen molar-refractivity contribution in [2.24, 2.45) is 0 Å². The number of rotatable bonds is 5. The molecule has 10 aromatic rings. The third-order valence-electron chi connectivity index (χ3n) is 9.66. The first-order chi connectivity index (χ1) is 24.3. The van der Waals surface area contributed by atoms with Crippen LogP contribution in [0.15, 0.2) is 180 Å². The van der Waals surface area contributed by atoms with E-state index in [1.807, 2.05) is 17.4 Å². The van der Waals surface area contributed by atoms with Gasteiger partial charge in [-0.05, 0) is 70.6 Å². The number of furan rings is 1. The van der Waals surface area contributed by atoms with Crippen molar-refractivity contribution in [1.29, 1.82) is 0 Å². The molecule has 2 nitrogen and oxygen atoms in total. The van der Waals surface area contributed by atoms with E-state index in [0.29, 0.717) is 0 Å². The van der Waals surface area contributed by atoms with Crippen LogP contribution in [0.25, 0.3) is 75.1 Å². The predicted octanol–water partition coefficient (Wildman–Crippen LogP) is 13.9. The second-order valence-electron chi connectivity index (χ2n) is 12.5.